The van der Waals surface area contributed by atoms with Gasteiger partial charge in [-0.15, -0.1) is 0 Å². The van der Waals surface area contributed by atoms with E-state index in [0.717, 1.165) is 5.56 Å². The van der Waals surface area contributed by atoms with Crippen LogP contribution < -0.4 is 10.5 Å². The number of aliphatic hydroxyl groups excluding tert-OH is 2. The maximum atomic E-state index is 8.98. The maximum absolute atomic E-state index is 8.98. The number of ether oxygens (including phenoxy) is 1. The average Bonchev–Trinajstić information content (AvgIpc) is 2.38. The minimum atomic E-state index is 0.0576. The molecule has 106 valence electrons. The van der Waals surface area contributed by atoms with Crippen LogP contribution in [0, 0.1) is 0 Å². The molecule has 0 aromatic heterocycles. The summed E-state index contributed by atoms with van der Waals surface area (Å²) in [6, 6.07) is 5.61. The minimum Gasteiger partial charge on any atom is -0.496 e. The van der Waals surface area contributed by atoms with Crippen LogP contribution in [0.3, 0.4) is 0 Å². The first-order valence-electron chi connectivity index (χ1n) is 6.03. The lowest BCUT2D eigenvalue weighted by Crippen LogP contribution is -2.29. The van der Waals surface area contributed by atoms with Crippen molar-refractivity contribution in [1.29, 1.82) is 0 Å². The van der Waals surface area contributed by atoms with Crippen molar-refractivity contribution in [2.24, 2.45) is 5.73 Å². The first kappa shape index (κ1) is 15.8. The van der Waals surface area contributed by atoms with E-state index in [9.17, 15) is 0 Å². The Morgan fingerprint density at radius 2 is 1.95 bits per heavy atom. The third-order valence-electron chi connectivity index (χ3n) is 2.77. The Balaban J connectivity index is 2.86. The molecule has 0 aliphatic carbocycles. The largest absolute Gasteiger partial charge is 0.496 e. The summed E-state index contributed by atoms with van der Waals surface area (Å²) >= 11 is 4.95. The van der Waals surface area contributed by atoms with Gasteiger partial charge in [-0.05, 0) is 17.7 Å². The standard InChI is InChI=1S/C13H20N2O3S/c1-18-12-8-10(2-3-11(12)13(14)19)9-15(4-6-16)5-7-17/h2-3,8,16-17H,4-7,9H2,1H3,(H2,14,19). The van der Waals surface area contributed by atoms with Crippen molar-refractivity contribution >= 4 is 17.2 Å². The van der Waals surface area contributed by atoms with Gasteiger partial charge in [0, 0.05) is 19.6 Å². The molecule has 0 amide bonds. The maximum Gasteiger partial charge on any atom is 0.129 e. The summed E-state index contributed by atoms with van der Waals surface area (Å²) in [5.41, 5.74) is 7.33. The van der Waals surface area contributed by atoms with Crippen LogP contribution in [0.15, 0.2) is 18.2 Å². The van der Waals surface area contributed by atoms with E-state index in [0.29, 0.717) is 35.9 Å². The van der Waals surface area contributed by atoms with Crippen molar-refractivity contribution in [3.05, 3.63) is 29.3 Å². The highest BCUT2D eigenvalue weighted by Crippen LogP contribution is 2.21. The molecule has 0 spiro atoms. The van der Waals surface area contributed by atoms with Crippen LogP contribution in [0.2, 0.25) is 0 Å². The molecule has 0 atom stereocenters. The number of hydrogen-bond donors (Lipinski definition) is 3. The molecule has 0 heterocycles. The Morgan fingerprint density at radius 3 is 2.42 bits per heavy atom. The van der Waals surface area contributed by atoms with E-state index < -0.39 is 0 Å². The molecule has 0 saturated heterocycles. The molecule has 0 radical (unpaired) electrons. The monoisotopic (exact) mass is 284 g/mol. The molecule has 0 aliphatic rings. The van der Waals surface area contributed by atoms with E-state index in [1.807, 2.05) is 23.1 Å². The number of aliphatic hydroxyl groups is 2. The van der Waals surface area contributed by atoms with Crippen LogP contribution in [0.4, 0.5) is 0 Å². The minimum absolute atomic E-state index is 0.0576. The SMILES string of the molecule is COc1cc(CN(CCO)CCO)ccc1C(N)=S. The fourth-order valence-corrected chi connectivity index (χ4v) is 2.02. The van der Waals surface area contributed by atoms with Crippen LogP contribution in [0.25, 0.3) is 0 Å². The first-order chi connectivity index (χ1) is 9.12. The van der Waals surface area contributed by atoms with Gasteiger partial charge < -0.3 is 20.7 Å². The molecule has 1 rings (SSSR count). The molecule has 0 bridgehead atoms. The fourth-order valence-electron chi connectivity index (χ4n) is 1.85. The molecular weight excluding hydrogens is 264 g/mol. The summed E-state index contributed by atoms with van der Waals surface area (Å²) in [5, 5.41) is 18.0. The summed E-state index contributed by atoms with van der Waals surface area (Å²) in [5.74, 6) is 0.637. The van der Waals surface area contributed by atoms with Crippen LogP contribution >= 0.6 is 12.2 Å². The molecule has 0 fully saturated rings. The van der Waals surface area contributed by atoms with Crippen molar-refractivity contribution in [3.63, 3.8) is 0 Å². The summed E-state index contributed by atoms with van der Waals surface area (Å²) < 4.78 is 5.26. The van der Waals surface area contributed by atoms with Crippen LogP contribution in [-0.4, -0.2) is 53.5 Å². The van der Waals surface area contributed by atoms with Gasteiger partial charge in [0.25, 0.3) is 0 Å². The number of thiocarbonyl (C=S) groups is 1. The first-order valence-corrected chi connectivity index (χ1v) is 6.44. The summed E-state index contributed by atoms with van der Waals surface area (Å²) in [7, 11) is 1.57. The van der Waals surface area contributed by atoms with E-state index in [2.05, 4.69) is 0 Å². The van der Waals surface area contributed by atoms with Crippen LogP contribution in [0.1, 0.15) is 11.1 Å². The van der Waals surface area contributed by atoms with Crippen molar-refractivity contribution in [2.75, 3.05) is 33.4 Å². The molecule has 4 N–H and O–H groups in total. The van der Waals surface area contributed by atoms with Gasteiger partial charge in [0.2, 0.25) is 0 Å². The Hall–Kier alpha value is -1.21. The molecule has 19 heavy (non-hydrogen) atoms. The van der Waals surface area contributed by atoms with E-state index in [1.54, 1.807) is 7.11 Å². The Kier molecular flexibility index (Phi) is 6.72. The molecule has 0 aliphatic heterocycles. The Morgan fingerprint density at radius 1 is 1.32 bits per heavy atom. The van der Waals surface area contributed by atoms with Crippen molar-refractivity contribution in [3.8, 4) is 5.75 Å². The third-order valence-corrected chi connectivity index (χ3v) is 2.99. The number of rotatable bonds is 8. The van der Waals surface area contributed by atoms with E-state index >= 15 is 0 Å². The van der Waals surface area contributed by atoms with Crippen molar-refractivity contribution in [2.45, 2.75) is 6.54 Å². The number of nitrogens with zero attached hydrogens (tertiary/aromatic N) is 1. The second-order valence-electron chi connectivity index (χ2n) is 4.12. The van der Waals surface area contributed by atoms with Gasteiger partial charge in [-0.3, -0.25) is 4.90 Å². The lowest BCUT2D eigenvalue weighted by Gasteiger charge is -2.20. The summed E-state index contributed by atoms with van der Waals surface area (Å²) in [6.07, 6.45) is 0. The van der Waals surface area contributed by atoms with Crippen LogP contribution in [0.5, 0.6) is 5.75 Å². The number of benzene rings is 1. The smallest absolute Gasteiger partial charge is 0.129 e. The predicted octanol–water partition coefficient (Wildman–Crippen LogP) is 0.116. The van der Waals surface area contributed by atoms with Gasteiger partial charge in [-0.1, -0.05) is 18.3 Å². The molecule has 1 aromatic rings. The zero-order valence-corrected chi connectivity index (χ0v) is 11.8. The van der Waals surface area contributed by atoms with Gasteiger partial charge in [0.15, 0.2) is 0 Å². The summed E-state index contributed by atoms with van der Waals surface area (Å²) in [6.45, 7) is 1.76. The Labute approximate surface area is 118 Å². The molecule has 6 heteroatoms. The van der Waals surface area contributed by atoms with E-state index in [4.69, 9.17) is 32.9 Å². The lowest BCUT2D eigenvalue weighted by molar-refractivity contribution is 0.156. The lowest BCUT2D eigenvalue weighted by atomic mass is 10.1. The molecular formula is C13H20N2O3S. The van der Waals surface area contributed by atoms with Crippen LogP contribution in [-0.2, 0) is 6.54 Å². The summed E-state index contributed by atoms with van der Waals surface area (Å²) in [4.78, 5) is 2.25. The van der Waals surface area contributed by atoms with Crippen molar-refractivity contribution in [1.82, 2.24) is 4.90 Å². The van der Waals surface area contributed by atoms with E-state index in [1.165, 1.54) is 0 Å². The second-order valence-corrected chi connectivity index (χ2v) is 4.56. The predicted molar refractivity (Wildman–Crippen MR) is 78.3 cm³/mol. The molecule has 1 aromatic carbocycles. The van der Waals surface area contributed by atoms with Gasteiger partial charge >= 0.3 is 0 Å². The third kappa shape index (κ3) is 4.76. The van der Waals surface area contributed by atoms with Crippen molar-refractivity contribution < 1.29 is 14.9 Å². The van der Waals surface area contributed by atoms with Gasteiger partial charge in [-0.2, -0.15) is 0 Å². The number of nitrogens with two attached hydrogens (primary N) is 1. The highest BCUT2D eigenvalue weighted by molar-refractivity contribution is 7.80. The van der Waals surface area contributed by atoms with Gasteiger partial charge in [0.05, 0.1) is 25.9 Å². The Bertz CT molecular complexity index is 420. The fraction of sp³-hybridized carbons (Fsp3) is 0.462. The molecule has 0 unspecified atom stereocenters. The molecule has 5 nitrogen and oxygen atoms in total. The highest BCUT2D eigenvalue weighted by atomic mass is 32.1. The van der Waals surface area contributed by atoms with E-state index in [-0.39, 0.29) is 13.2 Å². The second kappa shape index (κ2) is 8.06. The number of methoxy groups -OCH3 is 1. The zero-order chi connectivity index (χ0) is 14.3. The van der Waals surface area contributed by atoms with Gasteiger partial charge in [0.1, 0.15) is 10.7 Å². The number of hydrogen-bond acceptors (Lipinski definition) is 5. The quantitative estimate of drug-likeness (QED) is 0.588. The van der Waals surface area contributed by atoms with Gasteiger partial charge in [-0.25, -0.2) is 0 Å². The average molecular weight is 284 g/mol. The topological polar surface area (TPSA) is 79.0 Å². The molecule has 0 saturated carbocycles. The normalized spacial score (nSPS) is 10.7. The highest BCUT2D eigenvalue weighted by Gasteiger charge is 2.09. The zero-order valence-electron chi connectivity index (χ0n) is 11.0.